The van der Waals surface area contributed by atoms with E-state index >= 15 is 0 Å². The van der Waals surface area contributed by atoms with Crippen LogP contribution in [-0.2, 0) is 0 Å². The number of allylic oxidation sites excluding steroid dienone is 1. The highest BCUT2D eigenvalue weighted by Crippen LogP contribution is 2.34. The number of rotatable bonds is 7. The van der Waals surface area contributed by atoms with Crippen LogP contribution in [-0.4, -0.2) is 34.3 Å². The van der Waals surface area contributed by atoms with Crippen LogP contribution in [0, 0.1) is 12.3 Å². The third-order valence-electron chi connectivity index (χ3n) is 4.73. The number of nitrogens with zero attached hydrogens (tertiary/aromatic N) is 3. The van der Waals surface area contributed by atoms with E-state index < -0.39 is 5.41 Å². The quantitative estimate of drug-likeness (QED) is 0.429. The molecule has 7 heteroatoms. The minimum absolute atomic E-state index is 0.164. The number of aromatic nitrogens is 2. The Balaban J connectivity index is 1.76. The van der Waals surface area contributed by atoms with Gasteiger partial charge < -0.3 is 15.7 Å². The third kappa shape index (κ3) is 4.78. The van der Waals surface area contributed by atoms with Crippen molar-refractivity contribution < 1.29 is 5.11 Å². The summed E-state index contributed by atoms with van der Waals surface area (Å²) in [6.07, 6.45) is 6.75. The zero-order valence-corrected chi connectivity index (χ0v) is 16.9. The second-order valence-electron chi connectivity index (χ2n) is 7.21. The van der Waals surface area contributed by atoms with Crippen LogP contribution in [0.5, 0.6) is 0 Å². The Labute approximate surface area is 171 Å². The number of hydrogen-bond acceptors (Lipinski definition) is 7. The van der Waals surface area contributed by atoms with Crippen LogP contribution in [0.3, 0.4) is 0 Å². The van der Waals surface area contributed by atoms with Gasteiger partial charge in [0.05, 0.1) is 35.4 Å². The molecule has 29 heavy (non-hydrogen) atoms. The standard InChI is InChI=1S/C22H26N6O/c1-5-19(22(3,4)20-10-11-24-21(28-20)25-14-29)27-17-8-6-16(7-9-17)18-13-23-12-15(2)26-18/h6-13,21,25,27-29H,1,14H2,2-4H3. The number of hydrogen-bond donors (Lipinski definition) is 4. The number of aliphatic imine (C=N–C) groups is 1. The summed E-state index contributed by atoms with van der Waals surface area (Å²) in [5.41, 5.74) is 8.00. The fourth-order valence-electron chi connectivity index (χ4n) is 3.04. The van der Waals surface area contributed by atoms with Crippen LogP contribution in [0.1, 0.15) is 19.5 Å². The zero-order chi connectivity index (χ0) is 20.9. The maximum absolute atomic E-state index is 9.08. The molecule has 2 heterocycles. The summed E-state index contributed by atoms with van der Waals surface area (Å²) >= 11 is 0. The van der Waals surface area contributed by atoms with Gasteiger partial charge in [-0.3, -0.25) is 15.3 Å². The van der Waals surface area contributed by atoms with E-state index in [4.69, 9.17) is 5.11 Å². The van der Waals surface area contributed by atoms with E-state index in [-0.39, 0.29) is 13.0 Å². The molecule has 0 bridgehead atoms. The Morgan fingerprint density at radius 2 is 2.03 bits per heavy atom. The molecule has 2 aromatic rings. The van der Waals surface area contributed by atoms with E-state index in [1.165, 1.54) is 0 Å². The molecule has 0 saturated carbocycles. The van der Waals surface area contributed by atoms with Crippen molar-refractivity contribution >= 4 is 11.9 Å². The molecule has 1 atom stereocenters. The van der Waals surface area contributed by atoms with E-state index in [1.807, 2.05) is 37.3 Å². The maximum atomic E-state index is 9.08. The van der Waals surface area contributed by atoms with Gasteiger partial charge in [-0.2, -0.15) is 0 Å². The second-order valence-corrected chi connectivity index (χ2v) is 7.21. The molecule has 0 saturated heterocycles. The molecule has 0 spiro atoms. The van der Waals surface area contributed by atoms with Crippen molar-refractivity contribution in [2.24, 2.45) is 10.4 Å². The Kier molecular flexibility index (Phi) is 6.24. The molecule has 7 nitrogen and oxygen atoms in total. The lowest BCUT2D eigenvalue weighted by atomic mass is 9.84. The molecular weight excluding hydrogens is 364 g/mol. The van der Waals surface area contributed by atoms with Crippen molar-refractivity contribution in [3.8, 4) is 11.3 Å². The molecule has 1 unspecified atom stereocenters. The van der Waals surface area contributed by atoms with Gasteiger partial charge in [-0.05, 0) is 39.0 Å². The molecule has 1 aromatic heterocycles. The van der Waals surface area contributed by atoms with Gasteiger partial charge in [0.15, 0.2) is 6.29 Å². The van der Waals surface area contributed by atoms with Crippen LogP contribution in [0.25, 0.3) is 11.3 Å². The predicted molar refractivity (Wildman–Crippen MR) is 116 cm³/mol. The lowest BCUT2D eigenvalue weighted by Crippen LogP contribution is -2.46. The molecule has 1 aliphatic rings. The topological polar surface area (TPSA) is 94.5 Å². The molecular formula is C22H26N6O. The number of nitrogens with one attached hydrogen (secondary N) is 3. The fraction of sp³-hybridized carbons (Fsp3) is 0.273. The first kappa shape index (κ1) is 20.5. The van der Waals surface area contributed by atoms with E-state index in [1.54, 1.807) is 18.6 Å². The summed E-state index contributed by atoms with van der Waals surface area (Å²) in [7, 11) is 0. The van der Waals surface area contributed by atoms with Gasteiger partial charge in [0, 0.05) is 29.4 Å². The van der Waals surface area contributed by atoms with Crippen molar-refractivity contribution in [2.45, 2.75) is 27.1 Å². The molecule has 1 aliphatic heterocycles. The minimum Gasteiger partial charge on any atom is -0.381 e. The predicted octanol–water partition coefficient (Wildman–Crippen LogP) is 2.94. The zero-order valence-electron chi connectivity index (χ0n) is 16.9. The SMILES string of the molecule is C=C=C(Nc1ccc(-c2cncc(C)n2)cc1)C(C)(C)C1=CC=NC(NCO)N1. The second kappa shape index (κ2) is 8.84. The van der Waals surface area contributed by atoms with E-state index in [0.717, 1.165) is 34.0 Å². The molecule has 1 aromatic carbocycles. The smallest absolute Gasteiger partial charge is 0.175 e. The van der Waals surface area contributed by atoms with Crippen LogP contribution in [0.4, 0.5) is 5.69 Å². The molecule has 0 radical (unpaired) electrons. The summed E-state index contributed by atoms with van der Waals surface area (Å²) in [5, 5.41) is 18.6. The number of aliphatic hydroxyl groups excluding tert-OH is 1. The van der Waals surface area contributed by atoms with Gasteiger partial charge in [0.2, 0.25) is 0 Å². The molecule has 0 aliphatic carbocycles. The number of anilines is 1. The molecule has 0 amide bonds. The Bertz CT molecular complexity index is 971. The highest BCUT2D eigenvalue weighted by Gasteiger charge is 2.30. The van der Waals surface area contributed by atoms with Gasteiger partial charge in [-0.25, -0.2) is 4.98 Å². The van der Waals surface area contributed by atoms with Gasteiger partial charge in [-0.15, -0.1) is 5.73 Å². The third-order valence-corrected chi connectivity index (χ3v) is 4.73. The van der Waals surface area contributed by atoms with Crippen molar-refractivity contribution in [1.82, 2.24) is 20.6 Å². The first-order valence-electron chi connectivity index (χ1n) is 9.35. The average Bonchev–Trinajstić information content (AvgIpc) is 2.73. The highest BCUT2D eigenvalue weighted by molar-refractivity contribution is 5.74. The number of benzene rings is 1. The normalized spacial score (nSPS) is 15.9. The molecule has 0 fully saturated rings. The van der Waals surface area contributed by atoms with Crippen molar-refractivity contribution in [3.63, 3.8) is 0 Å². The monoisotopic (exact) mass is 390 g/mol. The molecule has 3 rings (SSSR count). The van der Waals surface area contributed by atoms with Gasteiger partial charge in [0.1, 0.15) is 0 Å². The first-order valence-corrected chi connectivity index (χ1v) is 9.35. The van der Waals surface area contributed by atoms with E-state index in [0.29, 0.717) is 0 Å². The Morgan fingerprint density at radius 3 is 2.69 bits per heavy atom. The minimum atomic E-state index is -0.426. The maximum Gasteiger partial charge on any atom is 0.175 e. The van der Waals surface area contributed by atoms with Crippen molar-refractivity contribution in [3.05, 3.63) is 72.1 Å². The lowest BCUT2D eigenvalue weighted by molar-refractivity contribution is 0.230. The Morgan fingerprint density at radius 1 is 1.28 bits per heavy atom. The van der Waals surface area contributed by atoms with Gasteiger partial charge in [0.25, 0.3) is 0 Å². The summed E-state index contributed by atoms with van der Waals surface area (Å²) in [6, 6.07) is 8.00. The van der Waals surface area contributed by atoms with Crippen molar-refractivity contribution in [2.75, 3.05) is 12.0 Å². The first-order chi connectivity index (χ1) is 13.9. The molecule has 150 valence electrons. The molecule has 4 N–H and O–H groups in total. The van der Waals surface area contributed by atoms with Crippen LogP contribution in [0.15, 0.2) is 71.4 Å². The highest BCUT2D eigenvalue weighted by atomic mass is 16.3. The summed E-state index contributed by atoms with van der Waals surface area (Å²) in [5.74, 6) is 0. The van der Waals surface area contributed by atoms with E-state index in [9.17, 15) is 0 Å². The fourth-order valence-corrected chi connectivity index (χ4v) is 3.04. The largest absolute Gasteiger partial charge is 0.381 e. The van der Waals surface area contributed by atoms with E-state index in [2.05, 4.69) is 57.1 Å². The summed E-state index contributed by atoms with van der Waals surface area (Å²) < 4.78 is 0. The number of aliphatic hydroxyl groups is 1. The lowest BCUT2D eigenvalue weighted by Gasteiger charge is -2.34. The van der Waals surface area contributed by atoms with Crippen molar-refractivity contribution in [1.29, 1.82) is 0 Å². The summed E-state index contributed by atoms with van der Waals surface area (Å²) in [6.45, 7) is 9.76. The van der Waals surface area contributed by atoms with Gasteiger partial charge in [-0.1, -0.05) is 18.7 Å². The average molecular weight is 390 g/mol. The summed E-state index contributed by atoms with van der Waals surface area (Å²) in [4.78, 5) is 12.9. The Hall–Kier alpha value is -3.25. The van der Waals surface area contributed by atoms with Crippen LogP contribution >= 0.6 is 0 Å². The number of aryl methyl sites for hydroxylation is 1. The van der Waals surface area contributed by atoms with Crippen LogP contribution in [0.2, 0.25) is 0 Å². The van der Waals surface area contributed by atoms with Gasteiger partial charge >= 0.3 is 0 Å². The van der Waals surface area contributed by atoms with Crippen LogP contribution < -0.4 is 16.0 Å².